The van der Waals surface area contributed by atoms with Crippen LogP contribution in [0.25, 0.3) is 22.4 Å². The molecule has 0 saturated heterocycles. The fraction of sp³-hybridized carbons (Fsp3) is 0.154. The van der Waals surface area contributed by atoms with Gasteiger partial charge in [0.15, 0.2) is 11.3 Å². The molecule has 3 rings (SSSR count). The van der Waals surface area contributed by atoms with Crippen LogP contribution < -0.4 is 5.73 Å². The quantitative estimate of drug-likeness (QED) is 0.742. The van der Waals surface area contributed by atoms with Crippen molar-refractivity contribution in [2.45, 2.75) is 6.92 Å². The van der Waals surface area contributed by atoms with Gasteiger partial charge in [0.2, 0.25) is 0 Å². The van der Waals surface area contributed by atoms with Crippen LogP contribution in [-0.4, -0.2) is 30.6 Å². The van der Waals surface area contributed by atoms with E-state index in [0.717, 1.165) is 11.3 Å². The molecule has 0 saturated carbocycles. The minimum atomic E-state index is -0.620. The van der Waals surface area contributed by atoms with Crippen LogP contribution >= 0.6 is 0 Å². The van der Waals surface area contributed by atoms with E-state index in [2.05, 4.69) is 20.1 Å². The van der Waals surface area contributed by atoms with E-state index in [9.17, 15) is 4.79 Å². The van der Waals surface area contributed by atoms with Gasteiger partial charge in [0.25, 0.3) is 5.91 Å². The predicted molar refractivity (Wildman–Crippen MR) is 72.8 cm³/mol. The number of nitrogens with zero attached hydrogens (tertiary/aromatic N) is 5. The molecule has 0 aliphatic rings. The molecule has 0 spiro atoms. The standard InChI is InChI=1S/C13H12N6O/c1-7-8(4-3-5-15-7)9-6-16-13-11(17-9)10(12(14)20)18-19(13)2/h3-6H,1-2H3,(H2,14,20). The maximum Gasteiger partial charge on any atom is 0.271 e. The van der Waals surface area contributed by atoms with Gasteiger partial charge in [-0.3, -0.25) is 9.78 Å². The third-order valence-corrected chi connectivity index (χ3v) is 3.05. The monoisotopic (exact) mass is 268 g/mol. The van der Waals surface area contributed by atoms with Gasteiger partial charge in [-0.1, -0.05) is 0 Å². The van der Waals surface area contributed by atoms with Gasteiger partial charge in [-0.25, -0.2) is 14.6 Å². The topological polar surface area (TPSA) is 99.6 Å². The molecule has 7 heteroatoms. The van der Waals surface area contributed by atoms with Crippen LogP contribution in [0.4, 0.5) is 0 Å². The predicted octanol–water partition coefficient (Wildman–Crippen LogP) is 0.833. The number of aromatic nitrogens is 5. The zero-order valence-corrected chi connectivity index (χ0v) is 11.0. The first-order chi connectivity index (χ1) is 9.58. The Hall–Kier alpha value is -2.83. The molecule has 0 fully saturated rings. The Morgan fingerprint density at radius 2 is 2.15 bits per heavy atom. The number of carbonyl (C=O) groups is 1. The van der Waals surface area contributed by atoms with E-state index in [1.807, 2.05) is 19.1 Å². The van der Waals surface area contributed by atoms with E-state index < -0.39 is 5.91 Å². The van der Waals surface area contributed by atoms with Crippen molar-refractivity contribution in [2.75, 3.05) is 0 Å². The van der Waals surface area contributed by atoms with Crippen molar-refractivity contribution in [3.63, 3.8) is 0 Å². The van der Waals surface area contributed by atoms with E-state index in [1.54, 1.807) is 19.4 Å². The average molecular weight is 268 g/mol. The summed E-state index contributed by atoms with van der Waals surface area (Å²) >= 11 is 0. The third-order valence-electron chi connectivity index (χ3n) is 3.05. The zero-order valence-electron chi connectivity index (χ0n) is 11.0. The summed E-state index contributed by atoms with van der Waals surface area (Å²) in [6.07, 6.45) is 3.35. The molecule has 0 bridgehead atoms. The fourth-order valence-electron chi connectivity index (χ4n) is 2.07. The third kappa shape index (κ3) is 1.80. The molecule has 3 heterocycles. The number of primary amides is 1. The highest BCUT2D eigenvalue weighted by Crippen LogP contribution is 2.22. The summed E-state index contributed by atoms with van der Waals surface area (Å²) in [4.78, 5) is 24.4. The van der Waals surface area contributed by atoms with Crippen molar-refractivity contribution >= 4 is 17.1 Å². The molecule has 0 aliphatic carbocycles. The highest BCUT2D eigenvalue weighted by molar-refractivity contribution is 6.01. The maximum absolute atomic E-state index is 11.4. The van der Waals surface area contributed by atoms with Gasteiger partial charge in [-0.2, -0.15) is 5.10 Å². The summed E-state index contributed by atoms with van der Waals surface area (Å²) in [7, 11) is 1.69. The van der Waals surface area contributed by atoms with Gasteiger partial charge >= 0.3 is 0 Å². The Morgan fingerprint density at radius 1 is 1.35 bits per heavy atom. The van der Waals surface area contributed by atoms with Gasteiger partial charge in [0.1, 0.15) is 5.52 Å². The average Bonchev–Trinajstić information content (AvgIpc) is 2.76. The minimum Gasteiger partial charge on any atom is -0.364 e. The normalized spacial score (nSPS) is 10.9. The lowest BCUT2D eigenvalue weighted by Gasteiger charge is -2.03. The number of nitrogens with two attached hydrogens (primary N) is 1. The molecular weight excluding hydrogens is 256 g/mol. The van der Waals surface area contributed by atoms with E-state index in [0.29, 0.717) is 16.9 Å². The molecule has 7 nitrogen and oxygen atoms in total. The molecule has 20 heavy (non-hydrogen) atoms. The van der Waals surface area contributed by atoms with Gasteiger partial charge in [0, 0.05) is 24.5 Å². The summed E-state index contributed by atoms with van der Waals surface area (Å²) in [6, 6.07) is 3.73. The molecule has 0 atom stereocenters. The number of hydrogen-bond acceptors (Lipinski definition) is 5. The second-order valence-electron chi connectivity index (χ2n) is 4.40. The van der Waals surface area contributed by atoms with Crippen LogP contribution in [0.15, 0.2) is 24.5 Å². The highest BCUT2D eigenvalue weighted by atomic mass is 16.1. The summed E-state index contributed by atoms with van der Waals surface area (Å²) in [6.45, 7) is 1.89. The first-order valence-electron chi connectivity index (χ1n) is 5.99. The first kappa shape index (κ1) is 12.2. The van der Waals surface area contributed by atoms with Crippen molar-refractivity contribution in [3.05, 3.63) is 35.9 Å². The van der Waals surface area contributed by atoms with E-state index in [1.165, 1.54) is 4.68 Å². The number of rotatable bonds is 2. The van der Waals surface area contributed by atoms with Gasteiger partial charge < -0.3 is 5.73 Å². The molecule has 1 amide bonds. The lowest BCUT2D eigenvalue weighted by atomic mass is 10.1. The molecule has 0 radical (unpaired) electrons. The summed E-state index contributed by atoms with van der Waals surface area (Å²) < 4.78 is 1.49. The SMILES string of the molecule is Cc1ncccc1-c1cnc2c(n1)c(C(N)=O)nn2C. The van der Waals surface area contributed by atoms with Crippen molar-refractivity contribution in [3.8, 4) is 11.3 Å². The molecular formula is C13H12N6O. The van der Waals surface area contributed by atoms with Crippen molar-refractivity contribution in [1.29, 1.82) is 0 Å². The van der Waals surface area contributed by atoms with Gasteiger partial charge in [-0.05, 0) is 19.1 Å². The Balaban J connectivity index is 2.28. The largest absolute Gasteiger partial charge is 0.364 e. The van der Waals surface area contributed by atoms with Crippen LogP contribution in [0, 0.1) is 6.92 Å². The smallest absolute Gasteiger partial charge is 0.271 e. The number of carbonyl (C=O) groups excluding carboxylic acids is 1. The van der Waals surface area contributed by atoms with Crippen LogP contribution in [-0.2, 0) is 7.05 Å². The second-order valence-corrected chi connectivity index (χ2v) is 4.40. The summed E-state index contributed by atoms with van der Waals surface area (Å²) in [5.74, 6) is -0.620. The lowest BCUT2D eigenvalue weighted by molar-refractivity contribution is 0.0996. The molecule has 100 valence electrons. The number of fused-ring (bicyclic) bond motifs is 1. The van der Waals surface area contributed by atoms with Crippen LogP contribution in [0.3, 0.4) is 0 Å². The van der Waals surface area contributed by atoms with Crippen LogP contribution in [0.5, 0.6) is 0 Å². The summed E-state index contributed by atoms with van der Waals surface area (Å²) in [5.41, 5.74) is 8.70. The van der Waals surface area contributed by atoms with Gasteiger partial charge in [0.05, 0.1) is 11.9 Å². The molecule has 0 aromatic carbocycles. The van der Waals surface area contributed by atoms with Crippen LogP contribution in [0.1, 0.15) is 16.2 Å². The number of amides is 1. The number of hydrogen-bond donors (Lipinski definition) is 1. The number of aryl methyl sites for hydroxylation is 2. The Bertz CT molecular complexity index is 823. The van der Waals surface area contributed by atoms with E-state index in [4.69, 9.17) is 5.73 Å². The Labute approximate surface area is 114 Å². The first-order valence-corrected chi connectivity index (χ1v) is 5.99. The van der Waals surface area contributed by atoms with Crippen molar-refractivity contribution < 1.29 is 4.79 Å². The van der Waals surface area contributed by atoms with Crippen molar-refractivity contribution in [1.82, 2.24) is 24.7 Å². The highest BCUT2D eigenvalue weighted by Gasteiger charge is 2.17. The molecule has 3 aromatic rings. The molecule has 0 unspecified atom stereocenters. The Morgan fingerprint density at radius 3 is 2.85 bits per heavy atom. The van der Waals surface area contributed by atoms with Crippen molar-refractivity contribution in [2.24, 2.45) is 12.8 Å². The molecule has 2 N–H and O–H groups in total. The van der Waals surface area contributed by atoms with E-state index in [-0.39, 0.29) is 5.69 Å². The van der Waals surface area contributed by atoms with Gasteiger partial charge in [-0.15, -0.1) is 0 Å². The molecule has 0 aliphatic heterocycles. The maximum atomic E-state index is 11.4. The fourth-order valence-corrected chi connectivity index (χ4v) is 2.07. The molecule has 3 aromatic heterocycles. The second kappa shape index (κ2) is 4.37. The van der Waals surface area contributed by atoms with E-state index >= 15 is 0 Å². The summed E-state index contributed by atoms with van der Waals surface area (Å²) in [5, 5.41) is 4.05. The van der Waals surface area contributed by atoms with Crippen LogP contribution in [0.2, 0.25) is 0 Å². The minimum absolute atomic E-state index is 0.124. The Kier molecular flexibility index (Phi) is 2.67. The lowest BCUT2D eigenvalue weighted by Crippen LogP contribution is -2.12. The number of pyridine rings is 1. The zero-order chi connectivity index (χ0) is 14.3.